The molecule has 1 unspecified atom stereocenters. The molecule has 0 aliphatic carbocycles. The van der Waals surface area contributed by atoms with Gasteiger partial charge in [0.15, 0.2) is 0 Å². The molecule has 22 heavy (non-hydrogen) atoms. The Morgan fingerprint density at radius 3 is 2.45 bits per heavy atom. The van der Waals surface area contributed by atoms with Crippen molar-refractivity contribution in [3.05, 3.63) is 53.3 Å². The van der Waals surface area contributed by atoms with Crippen LogP contribution in [0.25, 0.3) is 0 Å². The summed E-state index contributed by atoms with van der Waals surface area (Å²) in [6.07, 6.45) is 2.54. The summed E-state index contributed by atoms with van der Waals surface area (Å²) < 4.78 is 0. The van der Waals surface area contributed by atoms with Crippen molar-refractivity contribution in [1.82, 2.24) is 10.3 Å². The lowest BCUT2D eigenvalue weighted by Crippen LogP contribution is -2.32. The maximum absolute atomic E-state index is 12.1. The van der Waals surface area contributed by atoms with Gasteiger partial charge in [-0.2, -0.15) is 0 Å². The molecule has 1 heterocycles. The number of nitrogens with one attached hydrogen (secondary N) is 2. The average molecular weight is 297 g/mol. The Balaban J connectivity index is 2.16. The number of aromatic nitrogens is 1. The van der Waals surface area contributed by atoms with Gasteiger partial charge in [0.25, 0.3) is 5.91 Å². The van der Waals surface area contributed by atoms with E-state index in [1.165, 1.54) is 11.1 Å². The Labute approximate surface area is 132 Å². The van der Waals surface area contributed by atoms with Gasteiger partial charge in [0.2, 0.25) is 0 Å². The first-order valence-corrected chi connectivity index (χ1v) is 7.60. The van der Waals surface area contributed by atoms with E-state index in [2.05, 4.69) is 47.7 Å². The van der Waals surface area contributed by atoms with Crippen molar-refractivity contribution in [3.63, 3.8) is 0 Å². The molecule has 4 heteroatoms. The molecule has 0 aliphatic rings. The van der Waals surface area contributed by atoms with Crippen LogP contribution in [0.5, 0.6) is 0 Å². The zero-order valence-corrected chi connectivity index (χ0v) is 13.6. The van der Waals surface area contributed by atoms with Crippen LogP contribution >= 0.6 is 0 Å². The topological polar surface area (TPSA) is 54.0 Å². The highest BCUT2D eigenvalue weighted by molar-refractivity contribution is 5.93. The number of rotatable bonds is 5. The molecule has 1 atom stereocenters. The molecule has 0 radical (unpaired) electrons. The monoisotopic (exact) mass is 297 g/mol. The summed E-state index contributed by atoms with van der Waals surface area (Å²) >= 11 is 0. The van der Waals surface area contributed by atoms with Gasteiger partial charge in [0, 0.05) is 23.6 Å². The molecule has 4 nitrogen and oxygen atoms in total. The summed E-state index contributed by atoms with van der Waals surface area (Å²) in [5, 5.41) is 6.25. The molecule has 2 aromatic rings. The zero-order chi connectivity index (χ0) is 16.1. The smallest absolute Gasteiger partial charge is 0.270 e. The highest BCUT2D eigenvalue weighted by atomic mass is 16.1. The average Bonchev–Trinajstić information content (AvgIpc) is 2.46. The first-order chi connectivity index (χ1) is 10.5. The molecule has 0 saturated carbocycles. The second-order valence-corrected chi connectivity index (χ2v) is 5.71. The minimum atomic E-state index is -0.140. The quantitative estimate of drug-likeness (QED) is 0.878. The van der Waals surface area contributed by atoms with E-state index in [4.69, 9.17) is 0 Å². The van der Waals surface area contributed by atoms with Crippen molar-refractivity contribution in [3.8, 4) is 0 Å². The third-order valence-electron chi connectivity index (χ3n) is 3.49. The first kappa shape index (κ1) is 16.0. The Morgan fingerprint density at radius 1 is 1.14 bits per heavy atom. The molecule has 2 rings (SSSR count). The van der Waals surface area contributed by atoms with Gasteiger partial charge in [-0.25, -0.2) is 0 Å². The highest BCUT2D eigenvalue weighted by Crippen LogP contribution is 2.19. The van der Waals surface area contributed by atoms with E-state index in [0.29, 0.717) is 5.69 Å². The number of carbonyl (C=O) groups is 1. The summed E-state index contributed by atoms with van der Waals surface area (Å²) in [6, 6.07) is 10.1. The second kappa shape index (κ2) is 7.07. The molecule has 0 bridgehead atoms. The summed E-state index contributed by atoms with van der Waals surface area (Å²) in [6.45, 7) is 8.15. The van der Waals surface area contributed by atoms with Crippen molar-refractivity contribution in [2.24, 2.45) is 0 Å². The van der Waals surface area contributed by atoms with Crippen LogP contribution < -0.4 is 10.6 Å². The zero-order valence-electron chi connectivity index (χ0n) is 13.6. The van der Waals surface area contributed by atoms with Crippen LogP contribution in [-0.4, -0.2) is 16.9 Å². The predicted molar refractivity (Wildman–Crippen MR) is 90.7 cm³/mol. The molecular weight excluding hydrogens is 274 g/mol. The van der Waals surface area contributed by atoms with Crippen molar-refractivity contribution in [2.75, 3.05) is 5.32 Å². The molecule has 0 spiro atoms. The number of hydrogen-bond acceptors (Lipinski definition) is 3. The predicted octanol–water partition coefficient (Wildman–Crippen LogP) is 3.97. The number of nitrogens with zero attached hydrogens (tertiary/aromatic N) is 1. The molecule has 116 valence electrons. The van der Waals surface area contributed by atoms with Crippen molar-refractivity contribution >= 4 is 17.3 Å². The van der Waals surface area contributed by atoms with Crippen molar-refractivity contribution in [1.29, 1.82) is 0 Å². The minimum Gasteiger partial charge on any atom is -0.355 e. The largest absolute Gasteiger partial charge is 0.355 e. The fourth-order valence-corrected chi connectivity index (χ4v) is 2.25. The maximum Gasteiger partial charge on any atom is 0.270 e. The van der Waals surface area contributed by atoms with E-state index in [1.807, 2.05) is 19.9 Å². The number of carbonyl (C=O) groups excluding carboxylic acids is 1. The number of benzene rings is 1. The van der Waals surface area contributed by atoms with E-state index < -0.39 is 0 Å². The molecule has 2 N–H and O–H groups in total. The lowest BCUT2D eigenvalue weighted by Gasteiger charge is -2.12. The van der Waals surface area contributed by atoms with Crippen molar-refractivity contribution < 1.29 is 4.79 Å². The number of amides is 1. The van der Waals surface area contributed by atoms with Gasteiger partial charge in [0.1, 0.15) is 5.69 Å². The minimum absolute atomic E-state index is 0.140. The lowest BCUT2D eigenvalue weighted by atomic mass is 10.1. The fourth-order valence-electron chi connectivity index (χ4n) is 2.25. The first-order valence-electron chi connectivity index (χ1n) is 7.60. The maximum atomic E-state index is 12.1. The van der Waals surface area contributed by atoms with Crippen LogP contribution in [0.1, 0.15) is 41.9 Å². The summed E-state index contributed by atoms with van der Waals surface area (Å²) in [5.74, 6) is -0.140. The number of aryl methyl sites for hydroxylation is 2. The standard InChI is InChI=1S/C18H23N3O/c1-5-14(4)20-18(22)17-11-15(6-7-19-17)21-16-9-12(2)8-13(3)10-16/h6-11,14H,5H2,1-4H3,(H,19,21)(H,20,22). The molecule has 0 aliphatic heterocycles. The second-order valence-electron chi connectivity index (χ2n) is 5.71. The van der Waals surface area contributed by atoms with Gasteiger partial charge in [-0.05, 0) is 62.6 Å². The lowest BCUT2D eigenvalue weighted by molar-refractivity contribution is 0.0934. The summed E-state index contributed by atoms with van der Waals surface area (Å²) in [7, 11) is 0. The van der Waals surface area contributed by atoms with E-state index in [1.54, 1.807) is 12.3 Å². The molecule has 1 aromatic carbocycles. The summed E-state index contributed by atoms with van der Waals surface area (Å²) in [4.78, 5) is 16.3. The molecular formula is C18H23N3O. The Bertz CT molecular complexity index is 647. The molecule has 1 amide bonds. The number of pyridine rings is 1. The highest BCUT2D eigenvalue weighted by Gasteiger charge is 2.10. The van der Waals surface area contributed by atoms with Gasteiger partial charge >= 0.3 is 0 Å². The van der Waals surface area contributed by atoms with Crippen LogP contribution in [0.3, 0.4) is 0 Å². The van der Waals surface area contributed by atoms with Crippen LogP contribution in [0, 0.1) is 13.8 Å². The van der Waals surface area contributed by atoms with Crippen molar-refractivity contribution in [2.45, 2.75) is 40.2 Å². The van der Waals surface area contributed by atoms with E-state index in [-0.39, 0.29) is 11.9 Å². The van der Waals surface area contributed by atoms with Crippen LogP contribution in [-0.2, 0) is 0 Å². The van der Waals surface area contributed by atoms with E-state index >= 15 is 0 Å². The van der Waals surface area contributed by atoms with Gasteiger partial charge < -0.3 is 10.6 Å². The van der Waals surface area contributed by atoms with Crippen LogP contribution in [0.15, 0.2) is 36.5 Å². The number of anilines is 2. The summed E-state index contributed by atoms with van der Waals surface area (Å²) in [5.41, 5.74) is 4.69. The molecule has 0 fully saturated rings. The van der Waals surface area contributed by atoms with E-state index in [9.17, 15) is 4.79 Å². The third-order valence-corrected chi connectivity index (χ3v) is 3.49. The van der Waals surface area contributed by atoms with Crippen LogP contribution in [0.2, 0.25) is 0 Å². The third kappa shape index (κ3) is 4.32. The SMILES string of the molecule is CCC(C)NC(=O)c1cc(Nc2cc(C)cc(C)c2)ccn1. The fraction of sp³-hybridized carbons (Fsp3) is 0.333. The van der Waals surface area contributed by atoms with E-state index in [0.717, 1.165) is 17.8 Å². The van der Waals surface area contributed by atoms with Gasteiger partial charge in [-0.15, -0.1) is 0 Å². The molecule has 0 saturated heterocycles. The normalized spacial score (nSPS) is 11.8. The van der Waals surface area contributed by atoms with Crippen LogP contribution in [0.4, 0.5) is 11.4 Å². The Morgan fingerprint density at radius 2 is 1.82 bits per heavy atom. The Kier molecular flexibility index (Phi) is 5.15. The molecule has 1 aromatic heterocycles. The Hall–Kier alpha value is -2.36. The number of hydrogen-bond donors (Lipinski definition) is 2. The van der Waals surface area contributed by atoms with Gasteiger partial charge in [0.05, 0.1) is 0 Å². The van der Waals surface area contributed by atoms with Gasteiger partial charge in [-0.1, -0.05) is 13.0 Å². The van der Waals surface area contributed by atoms with Gasteiger partial charge in [-0.3, -0.25) is 9.78 Å².